The first-order chi connectivity index (χ1) is 11.9. The van der Waals surface area contributed by atoms with Gasteiger partial charge < -0.3 is 10.2 Å². The van der Waals surface area contributed by atoms with Gasteiger partial charge in [0.25, 0.3) is 0 Å². The molecule has 1 saturated heterocycles. The highest BCUT2D eigenvalue weighted by molar-refractivity contribution is 5.86. The fourth-order valence-electron chi connectivity index (χ4n) is 3.05. The number of aryl methyl sites for hydroxylation is 2. The molecule has 1 aliphatic heterocycles. The summed E-state index contributed by atoms with van der Waals surface area (Å²) in [7, 11) is 0. The molecule has 1 aromatic heterocycles. The van der Waals surface area contributed by atoms with Crippen molar-refractivity contribution in [2.24, 2.45) is 0 Å². The molecule has 1 N–H and O–H groups in total. The molecule has 1 aromatic carbocycles. The van der Waals surface area contributed by atoms with Crippen molar-refractivity contribution in [2.45, 2.75) is 52.6 Å². The second-order valence-corrected chi connectivity index (χ2v) is 7.14. The molecule has 25 heavy (non-hydrogen) atoms. The van der Waals surface area contributed by atoms with Crippen molar-refractivity contribution < 1.29 is 4.79 Å². The van der Waals surface area contributed by atoms with Gasteiger partial charge in [-0.3, -0.25) is 4.79 Å². The SMILES string of the molecule is Cc1ccc(CN2CCC(Nc3cc(C)nc(C(C)C)n3)C2=O)cc1. The summed E-state index contributed by atoms with van der Waals surface area (Å²) in [6.07, 6.45) is 0.796. The summed E-state index contributed by atoms with van der Waals surface area (Å²) in [6.45, 7) is 9.60. The third-order valence-corrected chi connectivity index (χ3v) is 4.50. The van der Waals surface area contributed by atoms with Crippen LogP contribution in [-0.4, -0.2) is 33.4 Å². The predicted molar refractivity (Wildman–Crippen MR) is 99.5 cm³/mol. The summed E-state index contributed by atoms with van der Waals surface area (Å²) in [5, 5.41) is 3.31. The predicted octanol–water partition coefficient (Wildman–Crippen LogP) is 3.43. The maximum Gasteiger partial charge on any atom is 0.245 e. The van der Waals surface area contributed by atoms with Gasteiger partial charge in [0.2, 0.25) is 5.91 Å². The van der Waals surface area contributed by atoms with Gasteiger partial charge in [0.05, 0.1) is 0 Å². The lowest BCUT2D eigenvalue weighted by molar-refractivity contribution is -0.128. The van der Waals surface area contributed by atoms with Crippen LogP contribution in [-0.2, 0) is 11.3 Å². The molecule has 1 aliphatic rings. The van der Waals surface area contributed by atoms with Crippen molar-refractivity contribution in [3.05, 3.63) is 53.0 Å². The molecule has 2 aromatic rings. The third-order valence-electron chi connectivity index (χ3n) is 4.50. The normalized spacial score (nSPS) is 17.4. The summed E-state index contributed by atoms with van der Waals surface area (Å²) in [4.78, 5) is 23.6. The number of aromatic nitrogens is 2. The fourth-order valence-corrected chi connectivity index (χ4v) is 3.05. The van der Waals surface area contributed by atoms with E-state index in [1.54, 1.807) is 0 Å². The minimum Gasteiger partial charge on any atom is -0.358 e. The van der Waals surface area contributed by atoms with E-state index < -0.39 is 0 Å². The number of carbonyl (C=O) groups is 1. The van der Waals surface area contributed by atoms with Crippen LogP contribution in [0, 0.1) is 13.8 Å². The largest absolute Gasteiger partial charge is 0.358 e. The molecule has 0 saturated carbocycles. The Morgan fingerprint density at radius 2 is 1.92 bits per heavy atom. The van der Waals surface area contributed by atoms with Gasteiger partial charge in [-0.1, -0.05) is 43.7 Å². The molecule has 0 radical (unpaired) electrons. The Bertz CT molecular complexity index is 755. The van der Waals surface area contributed by atoms with E-state index in [0.29, 0.717) is 6.54 Å². The molecular weight excluding hydrogens is 312 g/mol. The van der Waals surface area contributed by atoms with E-state index in [-0.39, 0.29) is 17.9 Å². The molecule has 0 aliphatic carbocycles. The summed E-state index contributed by atoms with van der Waals surface area (Å²) >= 11 is 0. The van der Waals surface area contributed by atoms with Gasteiger partial charge in [-0.05, 0) is 25.8 Å². The van der Waals surface area contributed by atoms with Gasteiger partial charge in [0.15, 0.2) is 0 Å². The average Bonchev–Trinajstić information content (AvgIpc) is 2.89. The summed E-state index contributed by atoms with van der Waals surface area (Å²) < 4.78 is 0. The van der Waals surface area contributed by atoms with Gasteiger partial charge in [0.1, 0.15) is 17.7 Å². The monoisotopic (exact) mass is 338 g/mol. The van der Waals surface area contributed by atoms with Gasteiger partial charge in [-0.15, -0.1) is 0 Å². The molecule has 5 nitrogen and oxygen atoms in total. The standard InChI is InChI=1S/C20H26N4O/c1-13(2)19-21-15(4)11-18(23-19)22-17-9-10-24(20(17)25)12-16-7-5-14(3)6-8-16/h5-8,11,13,17H,9-10,12H2,1-4H3,(H,21,22,23). The maximum absolute atomic E-state index is 12.7. The van der Waals surface area contributed by atoms with Crippen molar-refractivity contribution in [2.75, 3.05) is 11.9 Å². The molecule has 1 fully saturated rings. The van der Waals surface area contributed by atoms with Crippen LogP contribution in [0.4, 0.5) is 5.82 Å². The van der Waals surface area contributed by atoms with Gasteiger partial charge in [-0.2, -0.15) is 0 Å². The van der Waals surface area contributed by atoms with Crippen molar-refractivity contribution in [3.8, 4) is 0 Å². The number of anilines is 1. The molecule has 3 rings (SSSR count). The fraction of sp³-hybridized carbons (Fsp3) is 0.450. The highest BCUT2D eigenvalue weighted by Gasteiger charge is 2.31. The van der Waals surface area contributed by atoms with Gasteiger partial charge in [0, 0.05) is 30.8 Å². The molecule has 1 unspecified atom stereocenters. The minimum absolute atomic E-state index is 0.142. The lowest BCUT2D eigenvalue weighted by Crippen LogP contribution is -2.33. The number of benzene rings is 1. The van der Waals surface area contributed by atoms with E-state index in [1.165, 1.54) is 11.1 Å². The second-order valence-electron chi connectivity index (χ2n) is 7.14. The zero-order valence-corrected chi connectivity index (χ0v) is 15.4. The van der Waals surface area contributed by atoms with Crippen LogP contribution in [0.5, 0.6) is 0 Å². The Balaban J connectivity index is 1.67. The molecule has 0 spiro atoms. The van der Waals surface area contributed by atoms with E-state index in [1.807, 2.05) is 17.9 Å². The summed E-state index contributed by atoms with van der Waals surface area (Å²) in [5.41, 5.74) is 3.32. The molecule has 1 amide bonds. The van der Waals surface area contributed by atoms with Crippen LogP contribution in [0.15, 0.2) is 30.3 Å². The Morgan fingerprint density at radius 1 is 1.20 bits per heavy atom. The van der Waals surface area contributed by atoms with Crippen LogP contribution in [0.3, 0.4) is 0 Å². The number of hydrogen-bond donors (Lipinski definition) is 1. The Morgan fingerprint density at radius 3 is 2.60 bits per heavy atom. The van der Waals surface area contributed by atoms with Gasteiger partial charge >= 0.3 is 0 Å². The number of hydrogen-bond acceptors (Lipinski definition) is 4. The van der Waals surface area contributed by atoms with E-state index in [2.05, 4.69) is 60.3 Å². The van der Waals surface area contributed by atoms with Crippen molar-refractivity contribution in [1.29, 1.82) is 0 Å². The average molecular weight is 338 g/mol. The number of nitrogens with one attached hydrogen (secondary N) is 1. The zero-order chi connectivity index (χ0) is 18.0. The molecule has 2 heterocycles. The van der Waals surface area contributed by atoms with E-state index in [0.717, 1.165) is 30.3 Å². The van der Waals surface area contributed by atoms with Crippen LogP contribution < -0.4 is 5.32 Å². The van der Waals surface area contributed by atoms with E-state index >= 15 is 0 Å². The maximum atomic E-state index is 12.7. The molecule has 132 valence electrons. The van der Waals surface area contributed by atoms with Crippen LogP contribution in [0.25, 0.3) is 0 Å². The van der Waals surface area contributed by atoms with Crippen molar-refractivity contribution in [3.63, 3.8) is 0 Å². The lowest BCUT2D eigenvalue weighted by Gasteiger charge is -2.18. The molecule has 5 heteroatoms. The Labute approximate surface area is 149 Å². The number of carbonyl (C=O) groups excluding carboxylic acids is 1. The van der Waals surface area contributed by atoms with Crippen LogP contribution in [0.1, 0.15) is 48.8 Å². The Hall–Kier alpha value is -2.43. The number of likely N-dealkylation sites (tertiary alicyclic amines) is 1. The number of nitrogens with zero attached hydrogens (tertiary/aromatic N) is 3. The van der Waals surface area contributed by atoms with E-state index in [9.17, 15) is 4.79 Å². The van der Waals surface area contributed by atoms with Crippen molar-refractivity contribution in [1.82, 2.24) is 14.9 Å². The molecule has 1 atom stereocenters. The third kappa shape index (κ3) is 4.16. The molecule has 0 bridgehead atoms. The summed E-state index contributed by atoms with van der Waals surface area (Å²) in [5.74, 6) is 1.96. The summed E-state index contributed by atoms with van der Waals surface area (Å²) in [6, 6.07) is 10.0. The molecular formula is C20H26N4O. The number of rotatable bonds is 5. The first kappa shape index (κ1) is 17.4. The van der Waals surface area contributed by atoms with Crippen LogP contribution in [0.2, 0.25) is 0 Å². The van der Waals surface area contributed by atoms with Crippen LogP contribution >= 0.6 is 0 Å². The van der Waals surface area contributed by atoms with Crippen molar-refractivity contribution >= 4 is 11.7 Å². The first-order valence-corrected chi connectivity index (χ1v) is 8.89. The minimum atomic E-state index is -0.209. The highest BCUT2D eigenvalue weighted by atomic mass is 16.2. The smallest absolute Gasteiger partial charge is 0.245 e. The van der Waals surface area contributed by atoms with Gasteiger partial charge in [-0.25, -0.2) is 9.97 Å². The highest BCUT2D eigenvalue weighted by Crippen LogP contribution is 2.20. The quantitative estimate of drug-likeness (QED) is 0.907. The zero-order valence-electron chi connectivity index (χ0n) is 15.4. The first-order valence-electron chi connectivity index (χ1n) is 8.89. The lowest BCUT2D eigenvalue weighted by atomic mass is 10.1. The second kappa shape index (κ2) is 7.21. The van der Waals surface area contributed by atoms with E-state index in [4.69, 9.17) is 0 Å². The number of amides is 1. The Kier molecular flexibility index (Phi) is 5.02. The topological polar surface area (TPSA) is 58.1 Å².